The number of carbonyl (C=O) groups excluding carboxylic acids is 2. The Morgan fingerprint density at radius 3 is 2.71 bits per heavy atom. The van der Waals surface area contributed by atoms with E-state index in [-0.39, 0.29) is 30.2 Å². The van der Waals surface area contributed by atoms with Gasteiger partial charge in [0.1, 0.15) is 11.6 Å². The molecule has 0 aliphatic rings. The minimum atomic E-state index is -0.402. The first-order valence-electron chi connectivity index (χ1n) is 8.49. The predicted octanol–water partition coefficient (Wildman–Crippen LogP) is 4.28. The minimum Gasteiger partial charge on any atom is -0.439 e. The van der Waals surface area contributed by atoms with Gasteiger partial charge in [0.05, 0.1) is 24.3 Å². The van der Waals surface area contributed by atoms with Gasteiger partial charge in [0.2, 0.25) is 17.7 Å². The average Bonchev–Trinajstić information content (AvgIpc) is 3.17. The highest BCUT2D eigenvalue weighted by Crippen LogP contribution is 2.24. The molecule has 0 aliphatic carbocycles. The van der Waals surface area contributed by atoms with Gasteiger partial charge in [0, 0.05) is 23.9 Å². The summed E-state index contributed by atoms with van der Waals surface area (Å²) in [5.74, 6) is -0.253. The van der Waals surface area contributed by atoms with Crippen LogP contribution in [0.25, 0.3) is 0 Å². The van der Waals surface area contributed by atoms with Gasteiger partial charge in [-0.1, -0.05) is 12.1 Å². The van der Waals surface area contributed by atoms with E-state index in [9.17, 15) is 14.0 Å². The Balaban J connectivity index is 1.59. The van der Waals surface area contributed by atoms with Gasteiger partial charge in [-0.05, 0) is 29.6 Å². The van der Waals surface area contributed by atoms with Crippen LogP contribution in [0, 0.1) is 5.82 Å². The van der Waals surface area contributed by atoms with Crippen molar-refractivity contribution < 1.29 is 18.7 Å². The molecule has 6 nitrogen and oxygen atoms in total. The molecule has 2 heterocycles. The zero-order valence-corrected chi connectivity index (χ0v) is 15.8. The summed E-state index contributed by atoms with van der Waals surface area (Å²) in [4.78, 5) is 28.8. The lowest BCUT2D eigenvalue weighted by Crippen LogP contribution is -2.29. The number of hydrogen-bond donors (Lipinski definition) is 2. The van der Waals surface area contributed by atoms with E-state index in [4.69, 9.17) is 4.74 Å². The summed E-state index contributed by atoms with van der Waals surface area (Å²) in [7, 11) is 0. The number of nitrogens with zero attached hydrogens (tertiary/aromatic N) is 1. The van der Waals surface area contributed by atoms with Crippen molar-refractivity contribution in [3.63, 3.8) is 0 Å². The number of thiophene rings is 1. The molecule has 2 amide bonds. The number of hydrogen-bond acceptors (Lipinski definition) is 5. The lowest BCUT2D eigenvalue weighted by atomic mass is 10.1. The number of amides is 2. The first-order chi connectivity index (χ1) is 13.5. The molecule has 0 radical (unpaired) electrons. The number of aromatic nitrogens is 1. The normalized spacial score (nSPS) is 11.5. The standard InChI is InChI=1S/C20H18FN3O3S/c1-13(25)23-17(18-6-3-9-28-18)11-19(26)24-15-7-8-20(22-12-15)27-16-5-2-4-14(21)10-16/h2-10,12,17H,11H2,1H3,(H,23,25)(H,24,26). The Bertz CT molecular complexity index is 946. The highest BCUT2D eigenvalue weighted by Gasteiger charge is 2.18. The number of anilines is 1. The van der Waals surface area contributed by atoms with Crippen LogP contribution in [0.5, 0.6) is 11.6 Å². The van der Waals surface area contributed by atoms with Crippen molar-refractivity contribution in [1.29, 1.82) is 0 Å². The summed E-state index contributed by atoms with van der Waals surface area (Å²) < 4.78 is 18.7. The first-order valence-corrected chi connectivity index (χ1v) is 9.37. The lowest BCUT2D eigenvalue weighted by Gasteiger charge is -2.16. The molecule has 0 spiro atoms. The molecule has 0 aliphatic heterocycles. The van der Waals surface area contributed by atoms with Gasteiger partial charge < -0.3 is 15.4 Å². The van der Waals surface area contributed by atoms with Crippen molar-refractivity contribution in [3.05, 3.63) is 70.8 Å². The quantitative estimate of drug-likeness (QED) is 0.621. The first kappa shape index (κ1) is 19.5. The van der Waals surface area contributed by atoms with E-state index in [2.05, 4.69) is 15.6 Å². The third-order valence-electron chi connectivity index (χ3n) is 3.69. The van der Waals surface area contributed by atoms with Crippen molar-refractivity contribution >= 4 is 28.8 Å². The number of rotatable bonds is 7. The van der Waals surface area contributed by atoms with E-state index in [1.54, 1.807) is 24.3 Å². The molecular formula is C20H18FN3O3S. The molecule has 1 aromatic carbocycles. The number of halogens is 1. The van der Waals surface area contributed by atoms with Gasteiger partial charge in [0.15, 0.2) is 0 Å². The van der Waals surface area contributed by atoms with E-state index in [1.807, 2.05) is 17.5 Å². The molecule has 28 heavy (non-hydrogen) atoms. The number of nitrogens with one attached hydrogen (secondary N) is 2. The summed E-state index contributed by atoms with van der Waals surface area (Å²) in [5, 5.41) is 7.42. The Labute approximate surface area is 165 Å². The van der Waals surface area contributed by atoms with Crippen LogP contribution in [0.1, 0.15) is 24.3 Å². The number of benzene rings is 1. The zero-order chi connectivity index (χ0) is 19.9. The van der Waals surface area contributed by atoms with Gasteiger partial charge in [-0.3, -0.25) is 9.59 Å². The fourth-order valence-corrected chi connectivity index (χ4v) is 3.30. The average molecular weight is 399 g/mol. The van der Waals surface area contributed by atoms with Crippen LogP contribution in [-0.2, 0) is 9.59 Å². The van der Waals surface area contributed by atoms with E-state index in [0.29, 0.717) is 11.4 Å². The molecule has 0 fully saturated rings. The van der Waals surface area contributed by atoms with Crippen molar-refractivity contribution in [2.75, 3.05) is 5.32 Å². The molecule has 1 atom stereocenters. The molecular weight excluding hydrogens is 381 g/mol. The smallest absolute Gasteiger partial charge is 0.226 e. The van der Waals surface area contributed by atoms with Crippen LogP contribution in [0.2, 0.25) is 0 Å². The van der Waals surface area contributed by atoms with Gasteiger partial charge >= 0.3 is 0 Å². The zero-order valence-electron chi connectivity index (χ0n) is 15.0. The number of ether oxygens (including phenoxy) is 1. The summed E-state index contributed by atoms with van der Waals surface area (Å²) in [6.07, 6.45) is 1.55. The van der Waals surface area contributed by atoms with Crippen molar-refractivity contribution in [1.82, 2.24) is 10.3 Å². The van der Waals surface area contributed by atoms with E-state index >= 15 is 0 Å². The van der Waals surface area contributed by atoms with Crippen molar-refractivity contribution in [2.24, 2.45) is 0 Å². The van der Waals surface area contributed by atoms with E-state index in [1.165, 1.54) is 36.6 Å². The number of carbonyl (C=O) groups is 2. The van der Waals surface area contributed by atoms with Crippen LogP contribution >= 0.6 is 11.3 Å². The van der Waals surface area contributed by atoms with Crippen molar-refractivity contribution in [2.45, 2.75) is 19.4 Å². The SMILES string of the molecule is CC(=O)NC(CC(=O)Nc1ccc(Oc2cccc(F)c2)nc1)c1cccs1. The lowest BCUT2D eigenvalue weighted by molar-refractivity contribution is -0.120. The molecule has 0 saturated carbocycles. The molecule has 2 N–H and O–H groups in total. The Kier molecular flexibility index (Phi) is 6.33. The Hall–Kier alpha value is -3.26. The van der Waals surface area contributed by atoms with Crippen LogP contribution in [0.3, 0.4) is 0 Å². The molecule has 3 rings (SSSR count). The van der Waals surface area contributed by atoms with Gasteiger partial charge in [0.25, 0.3) is 0 Å². The number of pyridine rings is 1. The fraction of sp³-hybridized carbons (Fsp3) is 0.150. The highest BCUT2D eigenvalue weighted by molar-refractivity contribution is 7.10. The fourth-order valence-electron chi connectivity index (χ4n) is 2.52. The van der Waals surface area contributed by atoms with Crippen LogP contribution in [0.15, 0.2) is 60.1 Å². The van der Waals surface area contributed by atoms with Crippen LogP contribution < -0.4 is 15.4 Å². The maximum atomic E-state index is 13.2. The summed E-state index contributed by atoms with van der Waals surface area (Å²) in [6.45, 7) is 1.42. The molecule has 0 bridgehead atoms. The minimum absolute atomic E-state index is 0.0988. The molecule has 0 saturated heterocycles. The topological polar surface area (TPSA) is 80.3 Å². The molecule has 1 unspecified atom stereocenters. The second-order valence-corrected chi connectivity index (χ2v) is 6.94. The molecule has 8 heteroatoms. The van der Waals surface area contributed by atoms with Crippen LogP contribution in [-0.4, -0.2) is 16.8 Å². The maximum absolute atomic E-state index is 13.2. The Morgan fingerprint density at radius 2 is 2.07 bits per heavy atom. The monoisotopic (exact) mass is 399 g/mol. The van der Waals surface area contributed by atoms with Gasteiger partial charge in [-0.15, -0.1) is 11.3 Å². The second-order valence-electron chi connectivity index (χ2n) is 5.97. The predicted molar refractivity (Wildman–Crippen MR) is 105 cm³/mol. The van der Waals surface area contributed by atoms with Crippen molar-refractivity contribution in [3.8, 4) is 11.6 Å². The highest BCUT2D eigenvalue weighted by atomic mass is 32.1. The molecule has 2 aromatic heterocycles. The third-order valence-corrected chi connectivity index (χ3v) is 4.68. The third kappa shape index (κ3) is 5.62. The summed E-state index contributed by atoms with van der Waals surface area (Å²) in [5.41, 5.74) is 0.490. The summed E-state index contributed by atoms with van der Waals surface area (Å²) >= 11 is 1.47. The summed E-state index contributed by atoms with van der Waals surface area (Å²) in [6, 6.07) is 12.3. The second kappa shape index (κ2) is 9.09. The maximum Gasteiger partial charge on any atom is 0.226 e. The van der Waals surface area contributed by atoms with Crippen LogP contribution in [0.4, 0.5) is 10.1 Å². The van der Waals surface area contributed by atoms with E-state index in [0.717, 1.165) is 4.88 Å². The largest absolute Gasteiger partial charge is 0.439 e. The van der Waals surface area contributed by atoms with E-state index < -0.39 is 5.82 Å². The van der Waals surface area contributed by atoms with Gasteiger partial charge in [-0.2, -0.15) is 0 Å². The molecule has 144 valence electrons. The van der Waals surface area contributed by atoms with Gasteiger partial charge in [-0.25, -0.2) is 9.37 Å². The molecule has 3 aromatic rings. The Morgan fingerprint density at radius 1 is 1.21 bits per heavy atom.